The molecular weight excluding hydrogens is 464 g/mol. The zero-order valence-corrected chi connectivity index (χ0v) is 19.3. The molecule has 33 heavy (non-hydrogen) atoms. The first-order valence-corrected chi connectivity index (χ1v) is 11.9. The maximum atomic E-state index is 12.8. The van der Waals surface area contributed by atoms with Gasteiger partial charge in [-0.15, -0.1) is 0 Å². The van der Waals surface area contributed by atoms with Crippen LogP contribution in [-0.2, 0) is 11.3 Å². The van der Waals surface area contributed by atoms with Gasteiger partial charge >= 0.3 is 0 Å². The minimum absolute atomic E-state index is 0.0977. The molecule has 3 N–H and O–H groups in total. The minimum Gasteiger partial charge on any atom is -0.379 e. The fraction of sp³-hybridized carbons (Fsp3) is 0.286. The van der Waals surface area contributed by atoms with E-state index < -0.39 is 5.91 Å². The number of halogens is 1. The Balaban J connectivity index is 1.38. The normalized spacial score (nSPS) is 14.6. The highest BCUT2D eigenvalue weighted by molar-refractivity contribution is 7.98. The molecule has 3 aromatic heterocycles. The molecule has 12 heteroatoms. The van der Waals surface area contributed by atoms with Crippen molar-refractivity contribution < 1.29 is 9.53 Å². The number of benzene rings is 1. The number of imidazole rings is 1. The van der Waals surface area contributed by atoms with Crippen LogP contribution in [-0.4, -0.2) is 73.5 Å². The van der Waals surface area contributed by atoms with Crippen molar-refractivity contribution in [2.75, 3.05) is 37.9 Å². The molecule has 1 aromatic carbocycles. The van der Waals surface area contributed by atoms with Crippen LogP contribution in [0, 0.1) is 0 Å². The lowest BCUT2D eigenvalue weighted by Crippen LogP contribution is -2.35. The molecule has 5 rings (SSSR count). The van der Waals surface area contributed by atoms with Crippen molar-refractivity contribution in [3.05, 3.63) is 46.9 Å². The molecule has 4 heterocycles. The summed E-state index contributed by atoms with van der Waals surface area (Å²) < 4.78 is 5.42. The number of aromatic nitrogens is 6. The summed E-state index contributed by atoms with van der Waals surface area (Å²) in [5.41, 5.74) is 3.96. The number of fused-ring (bicyclic) bond motifs is 1. The van der Waals surface area contributed by atoms with E-state index in [2.05, 4.69) is 47.5 Å². The van der Waals surface area contributed by atoms with Crippen LogP contribution in [0.2, 0.25) is 5.02 Å². The molecule has 0 unspecified atom stereocenters. The van der Waals surface area contributed by atoms with Crippen molar-refractivity contribution >= 4 is 46.0 Å². The average Bonchev–Trinajstić information content (AvgIpc) is 3.46. The molecule has 1 aliphatic rings. The van der Waals surface area contributed by atoms with E-state index in [1.165, 1.54) is 23.5 Å². The molecule has 1 saturated heterocycles. The summed E-state index contributed by atoms with van der Waals surface area (Å²) in [5.74, 6) is 0.0907. The van der Waals surface area contributed by atoms with Gasteiger partial charge in [-0.25, -0.2) is 15.0 Å². The monoisotopic (exact) mass is 484 g/mol. The Labute approximate surface area is 198 Å². The zero-order valence-electron chi connectivity index (χ0n) is 17.8. The summed E-state index contributed by atoms with van der Waals surface area (Å²) in [6.07, 6.45) is 4.83. The van der Waals surface area contributed by atoms with Gasteiger partial charge in [0, 0.05) is 25.8 Å². The predicted octanol–water partition coefficient (Wildman–Crippen LogP) is 3.20. The van der Waals surface area contributed by atoms with Crippen LogP contribution in [0.25, 0.3) is 22.6 Å². The van der Waals surface area contributed by atoms with Crippen molar-refractivity contribution in [1.29, 1.82) is 0 Å². The van der Waals surface area contributed by atoms with Gasteiger partial charge in [-0.3, -0.25) is 14.8 Å². The van der Waals surface area contributed by atoms with Gasteiger partial charge in [0.1, 0.15) is 0 Å². The first kappa shape index (κ1) is 21.8. The largest absolute Gasteiger partial charge is 0.379 e. The lowest BCUT2D eigenvalue weighted by Gasteiger charge is -2.26. The van der Waals surface area contributed by atoms with Crippen LogP contribution in [0.1, 0.15) is 16.1 Å². The van der Waals surface area contributed by atoms with E-state index in [1.807, 2.05) is 12.3 Å². The average molecular weight is 485 g/mol. The van der Waals surface area contributed by atoms with E-state index in [4.69, 9.17) is 21.3 Å². The molecule has 10 nitrogen and oxygen atoms in total. The second-order valence-corrected chi connectivity index (χ2v) is 8.66. The highest BCUT2D eigenvalue weighted by atomic mass is 35.5. The molecule has 1 aliphatic heterocycles. The Bertz CT molecular complexity index is 1300. The number of carbonyl (C=O) groups is 1. The van der Waals surface area contributed by atoms with Crippen LogP contribution in [0.3, 0.4) is 0 Å². The first-order valence-electron chi connectivity index (χ1n) is 10.3. The van der Waals surface area contributed by atoms with Crippen molar-refractivity contribution in [2.24, 2.45) is 0 Å². The molecule has 0 spiro atoms. The molecule has 1 fully saturated rings. The first-order chi connectivity index (χ1) is 16.1. The van der Waals surface area contributed by atoms with E-state index in [-0.39, 0.29) is 10.7 Å². The second-order valence-electron chi connectivity index (χ2n) is 7.48. The maximum Gasteiger partial charge on any atom is 0.276 e. The third kappa shape index (κ3) is 4.71. The number of hydrogen-bond donors (Lipinski definition) is 3. The van der Waals surface area contributed by atoms with E-state index >= 15 is 0 Å². The number of H-pyrrole nitrogens is 2. The Hall–Kier alpha value is -2.99. The molecular formula is C21H21ClN8O2S. The van der Waals surface area contributed by atoms with E-state index in [1.54, 1.807) is 6.20 Å². The standard InChI is InChI=1S/C21H21ClN8O2S/c1-33-21-23-9-13(22)17(28-21)20(31)27-16-10-24-29-18(16)19-25-14-3-2-12(8-15(14)26-19)11-30-4-6-32-7-5-30/h2-3,8-10H,4-7,11H2,1H3,(H,24,29)(H,25,26)(H,27,31). The summed E-state index contributed by atoms with van der Waals surface area (Å²) in [6.45, 7) is 4.23. The van der Waals surface area contributed by atoms with Crippen LogP contribution < -0.4 is 5.32 Å². The van der Waals surface area contributed by atoms with E-state index in [0.717, 1.165) is 43.9 Å². The number of thioether (sulfide) groups is 1. The van der Waals surface area contributed by atoms with Crippen molar-refractivity contribution in [2.45, 2.75) is 11.7 Å². The van der Waals surface area contributed by atoms with Gasteiger partial charge in [-0.2, -0.15) is 5.10 Å². The number of hydrogen-bond acceptors (Lipinski definition) is 8. The number of rotatable bonds is 6. The van der Waals surface area contributed by atoms with Crippen LogP contribution in [0.4, 0.5) is 5.69 Å². The number of aromatic amines is 2. The number of anilines is 1. The number of amides is 1. The fourth-order valence-corrected chi connectivity index (χ4v) is 4.15. The third-order valence-electron chi connectivity index (χ3n) is 5.29. The van der Waals surface area contributed by atoms with Gasteiger partial charge in [-0.1, -0.05) is 29.4 Å². The fourth-order valence-electron chi connectivity index (χ4n) is 3.64. The van der Waals surface area contributed by atoms with Crippen LogP contribution in [0.5, 0.6) is 0 Å². The van der Waals surface area contributed by atoms with Crippen LogP contribution in [0.15, 0.2) is 35.7 Å². The molecule has 0 saturated carbocycles. The summed E-state index contributed by atoms with van der Waals surface area (Å²) in [5, 5.41) is 10.5. The van der Waals surface area contributed by atoms with Gasteiger partial charge in [-0.05, 0) is 24.0 Å². The van der Waals surface area contributed by atoms with Gasteiger partial charge in [0.2, 0.25) is 0 Å². The third-order valence-corrected chi connectivity index (χ3v) is 6.13. The van der Waals surface area contributed by atoms with Gasteiger partial charge in [0.05, 0.1) is 41.2 Å². The second kappa shape index (κ2) is 9.48. The van der Waals surface area contributed by atoms with Crippen molar-refractivity contribution in [1.82, 2.24) is 35.0 Å². The predicted molar refractivity (Wildman–Crippen MR) is 127 cm³/mol. The quantitative estimate of drug-likeness (QED) is 0.281. The molecule has 0 aliphatic carbocycles. The Morgan fingerprint density at radius 1 is 1.30 bits per heavy atom. The summed E-state index contributed by atoms with van der Waals surface area (Å²) in [4.78, 5) is 31.4. The van der Waals surface area contributed by atoms with Gasteiger partial charge in [0.15, 0.2) is 22.4 Å². The molecule has 1 amide bonds. The smallest absolute Gasteiger partial charge is 0.276 e. The molecule has 0 atom stereocenters. The molecule has 0 radical (unpaired) electrons. The van der Waals surface area contributed by atoms with Gasteiger partial charge < -0.3 is 15.0 Å². The number of ether oxygens (including phenoxy) is 1. The molecule has 170 valence electrons. The summed E-state index contributed by atoms with van der Waals surface area (Å²) in [7, 11) is 0. The van der Waals surface area contributed by atoms with Crippen LogP contribution >= 0.6 is 23.4 Å². The topological polar surface area (TPSA) is 125 Å². The van der Waals surface area contributed by atoms with Crippen molar-refractivity contribution in [3.8, 4) is 11.5 Å². The van der Waals surface area contributed by atoms with E-state index in [0.29, 0.717) is 22.4 Å². The number of morpholine rings is 1. The maximum absolute atomic E-state index is 12.8. The number of carbonyl (C=O) groups excluding carboxylic acids is 1. The van der Waals surface area contributed by atoms with E-state index in [9.17, 15) is 4.79 Å². The SMILES string of the molecule is CSc1ncc(Cl)c(C(=O)Nc2c[nH]nc2-c2nc3cc(CN4CCOCC4)ccc3[nH]2)n1. The minimum atomic E-state index is -0.454. The lowest BCUT2D eigenvalue weighted by atomic mass is 10.2. The van der Waals surface area contributed by atoms with Gasteiger partial charge in [0.25, 0.3) is 5.91 Å². The Morgan fingerprint density at radius 2 is 2.15 bits per heavy atom. The Kier molecular flexibility index (Phi) is 6.27. The molecule has 0 bridgehead atoms. The number of nitrogens with zero attached hydrogens (tertiary/aromatic N) is 5. The highest BCUT2D eigenvalue weighted by Crippen LogP contribution is 2.27. The summed E-state index contributed by atoms with van der Waals surface area (Å²) >= 11 is 7.46. The van der Waals surface area contributed by atoms with Crippen molar-refractivity contribution in [3.63, 3.8) is 0 Å². The molecule has 4 aromatic rings. The lowest BCUT2D eigenvalue weighted by molar-refractivity contribution is 0.0342. The summed E-state index contributed by atoms with van der Waals surface area (Å²) in [6, 6.07) is 6.17. The Morgan fingerprint density at radius 3 is 2.97 bits per heavy atom. The zero-order chi connectivity index (χ0) is 22.8. The highest BCUT2D eigenvalue weighted by Gasteiger charge is 2.19. The number of nitrogens with one attached hydrogen (secondary N) is 3.